The lowest BCUT2D eigenvalue weighted by atomic mass is 9.97. The maximum Gasteiger partial charge on any atom is 0.410 e. The molecule has 1 saturated heterocycles. The summed E-state index contributed by atoms with van der Waals surface area (Å²) in [5.74, 6) is 1.69. The average Bonchev–Trinajstić information content (AvgIpc) is 3.45. The molecule has 1 aromatic carbocycles. The molecule has 0 atom stereocenters. The van der Waals surface area contributed by atoms with E-state index in [9.17, 15) is 4.79 Å². The van der Waals surface area contributed by atoms with Gasteiger partial charge in [0.25, 0.3) is 0 Å². The van der Waals surface area contributed by atoms with Crippen LogP contribution < -0.4 is 10.1 Å². The van der Waals surface area contributed by atoms with Gasteiger partial charge in [-0.05, 0) is 75.4 Å². The molecule has 1 aliphatic heterocycles. The van der Waals surface area contributed by atoms with Gasteiger partial charge in [0.15, 0.2) is 5.65 Å². The number of benzene rings is 1. The number of nitrogens with one attached hydrogen (secondary N) is 2. The second-order valence-corrected chi connectivity index (χ2v) is 10.4. The summed E-state index contributed by atoms with van der Waals surface area (Å²) in [6.07, 6.45) is 6.69. The Morgan fingerprint density at radius 3 is 2.48 bits per heavy atom. The van der Waals surface area contributed by atoms with Crippen molar-refractivity contribution in [2.45, 2.75) is 53.1 Å². The highest BCUT2D eigenvalue weighted by Crippen LogP contribution is 2.35. The number of aromatic nitrogens is 5. The van der Waals surface area contributed by atoms with Crippen molar-refractivity contribution in [2.24, 2.45) is 5.92 Å². The number of fused-ring (bicyclic) bond motifs is 1. The standard InChI is InChI=1S/C28H33N7O3.C2H6/c1-28(2,3)38-27(36)35-13-9-18(10-14-35)16-30-26-33-23(24-25(34-26)32-17-31-24)20-5-6-22(37-4)21(15-20)19-7-11-29-12-8-19;1-2/h5-8,11-12,15,17-18H,9-10,13-14,16H2,1-4H3,(H2,30,31,32,33,34);1-2H3. The first-order valence-corrected chi connectivity index (χ1v) is 13.8. The van der Waals surface area contributed by atoms with Crippen molar-refractivity contribution >= 4 is 23.2 Å². The van der Waals surface area contributed by atoms with E-state index in [2.05, 4.69) is 31.3 Å². The third kappa shape index (κ3) is 6.86. The smallest absolute Gasteiger partial charge is 0.410 e. The molecule has 3 aromatic heterocycles. The van der Waals surface area contributed by atoms with Gasteiger partial charge in [0, 0.05) is 43.2 Å². The molecule has 1 fully saturated rings. The molecule has 4 aromatic rings. The Balaban J connectivity index is 0.00000181. The van der Waals surface area contributed by atoms with Crippen molar-refractivity contribution in [1.82, 2.24) is 29.8 Å². The highest BCUT2D eigenvalue weighted by atomic mass is 16.6. The lowest BCUT2D eigenvalue weighted by Crippen LogP contribution is -2.42. The third-order valence-electron chi connectivity index (χ3n) is 6.56. The maximum absolute atomic E-state index is 12.4. The Labute approximate surface area is 235 Å². The van der Waals surface area contributed by atoms with Crippen LogP contribution >= 0.6 is 0 Å². The molecule has 0 unspecified atom stereocenters. The molecule has 0 spiro atoms. The normalized spacial score (nSPS) is 13.9. The number of amides is 1. The molecule has 212 valence electrons. The van der Waals surface area contributed by atoms with Crippen molar-refractivity contribution in [3.05, 3.63) is 49.1 Å². The Hall–Kier alpha value is -4.21. The Morgan fingerprint density at radius 2 is 1.80 bits per heavy atom. The van der Waals surface area contributed by atoms with Crippen molar-refractivity contribution in [1.29, 1.82) is 0 Å². The van der Waals surface area contributed by atoms with Crippen LogP contribution in [0, 0.1) is 5.92 Å². The first kappa shape index (κ1) is 28.8. The van der Waals surface area contributed by atoms with Crippen LogP contribution in [0.4, 0.5) is 10.7 Å². The molecule has 40 heavy (non-hydrogen) atoms. The summed E-state index contributed by atoms with van der Waals surface area (Å²) in [4.78, 5) is 35.4. The fraction of sp³-hybridized carbons (Fsp3) is 0.433. The number of hydrogen-bond acceptors (Lipinski definition) is 8. The molecule has 10 heteroatoms. The van der Waals surface area contributed by atoms with Gasteiger partial charge in [0.2, 0.25) is 5.95 Å². The van der Waals surface area contributed by atoms with Gasteiger partial charge >= 0.3 is 6.09 Å². The first-order chi connectivity index (χ1) is 19.3. The average molecular weight is 546 g/mol. The van der Waals surface area contributed by atoms with E-state index < -0.39 is 5.60 Å². The zero-order chi connectivity index (χ0) is 28.7. The van der Waals surface area contributed by atoms with Crippen LogP contribution in [0.15, 0.2) is 49.1 Å². The van der Waals surface area contributed by atoms with E-state index in [-0.39, 0.29) is 6.09 Å². The van der Waals surface area contributed by atoms with E-state index >= 15 is 0 Å². The SMILES string of the molecule is CC.COc1ccc(-c2nc(NCC3CCN(C(=O)OC(C)(C)C)CC3)nc3nc[nH]c23)cc1-c1ccncc1. The number of nitrogens with zero attached hydrogens (tertiary/aromatic N) is 5. The zero-order valence-corrected chi connectivity index (χ0v) is 24.2. The number of ether oxygens (including phenoxy) is 2. The lowest BCUT2D eigenvalue weighted by Gasteiger charge is -2.33. The van der Waals surface area contributed by atoms with Gasteiger partial charge in [0.1, 0.15) is 22.6 Å². The second kappa shape index (κ2) is 12.8. The maximum atomic E-state index is 12.4. The van der Waals surface area contributed by atoms with Crippen molar-refractivity contribution in [2.75, 3.05) is 32.1 Å². The second-order valence-electron chi connectivity index (χ2n) is 10.4. The van der Waals surface area contributed by atoms with Gasteiger partial charge < -0.3 is 24.7 Å². The lowest BCUT2D eigenvalue weighted by molar-refractivity contribution is 0.0188. The summed E-state index contributed by atoms with van der Waals surface area (Å²) in [6.45, 7) is 11.7. The number of pyridine rings is 1. The summed E-state index contributed by atoms with van der Waals surface area (Å²) in [5, 5.41) is 3.41. The van der Waals surface area contributed by atoms with Crippen LogP contribution in [-0.4, -0.2) is 68.3 Å². The minimum absolute atomic E-state index is 0.244. The van der Waals surface area contributed by atoms with Crippen LogP contribution in [0.1, 0.15) is 47.5 Å². The van der Waals surface area contributed by atoms with Gasteiger partial charge in [0.05, 0.1) is 13.4 Å². The number of piperidine rings is 1. The number of carbonyl (C=O) groups is 1. The molecule has 0 saturated carbocycles. The van der Waals surface area contributed by atoms with Crippen LogP contribution in [0.2, 0.25) is 0 Å². The summed E-state index contributed by atoms with van der Waals surface area (Å²) < 4.78 is 11.1. The molecule has 0 bridgehead atoms. The zero-order valence-electron chi connectivity index (χ0n) is 24.2. The van der Waals surface area contributed by atoms with Crippen molar-refractivity contribution < 1.29 is 14.3 Å². The summed E-state index contributed by atoms with van der Waals surface area (Å²) >= 11 is 0. The molecular formula is C30H39N7O3. The quantitative estimate of drug-likeness (QED) is 0.295. The van der Waals surface area contributed by atoms with E-state index in [1.807, 2.05) is 58.9 Å². The third-order valence-corrected chi connectivity index (χ3v) is 6.56. The fourth-order valence-corrected chi connectivity index (χ4v) is 4.62. The molecule has 0 aliphatic carbocycles. The van der Waals surface area contributed by atoms with Gasteiger partial charge in [-0.15, -0.1) is 0 Å². The number of H-pyrrole nitrogens is 1. The van der Waals surface area contributed by atoms with Crippen LogP contribution in [0.25, 0.3) is 33.5 Å². The molecule has 4 heterocycles. The number of rotatable bonds is 6. The van der Waals surface area contributed by atoms with E-state index in [1.54, 1.807) is 30.7 Å². The van der Waals surface area contributed by atoms with Crippen molar-refractivity contribution in [3.8, 4) is 28.1 Å². The van der Waals surface area contributed by atoms with Crippen LogP contribution in [0.3, 0.4) is 0 Å². The van der Waals surface area contributed by atoms with Crippen LogP contribution in [-0.2, 0) is 4.74 Å². The number of anilines is 1. The number of aromatic amines is 1. The summed E-state index contributed by atoms with van der Waals surface area (Å²) in [7, 11) is 1.66. The molecule has 5 rings (SSSR count). The van der Waals surface area contributed by atoms with E-state index in [0.717, 1.165) is 46.5 Å². The number of likely N-dealkylation sites (tertiary alicyclic amines) is 1. The van der Waals surface area contributed by atoms with E-state index in [0.29, 0.717) is 37.1 Å². The molecule has 0 radical (unpaired) electrons. The number of methoxy groups -OCH3 is 1. The Bertz CT molecular complexity index is 1410. The highest BCUT2D eigenvalue weighted by Gasteiger charge is 2.27. The number of hydrogen-bond donors (Lipinski definition) is 2. The predicted molar refractivity (Wildman–Crippen MR) is 157 cm³/mol. The van der Waals surface area contributed by atoms with Crippen molar-refractivity contribution in [3.63, 3.8) is 0 Å². The van der Waals surface area contributed by atoms with Gasteiger partial charge in [-0.2, -0.15) is 4.98 Å². The molecule has 2 N–H and O–H groups in total. The largest absolute Gasteiger partial charge is 0.496 e. The van der Waals surface area contributed by atoms with Crippen LogP contribution in [0.5, 0.6) is 5.75 Å². The summed E-state index contributed by atoms with van der Waals surface area (Å²) in [6, 6.07) is 9.90. The Morgan fingerprint density at radius 1 is 1.07 bits per heavy atom. The highest BCUT2D eigenvalue weighted by molar-refractivity contribution is 5.90. The first-order valence-electron chi connectivity index (χ1n) is 13.8. The number of carbonyl (C=O) groups excluding carboxylic acids is 1. The molecule has 1 amide bonds. The summed E-state index contributed by atoms with van der Waals surface area (Å²) in [5.41, 5.74) is 4.51. The Kier molecular flexibility index (Phi) is 9.19. The van der Waals surface area contributed by atoms with Gasteiger partial charge in [-0.25, -0.2) is 14.8 Å². The molecule has 1 aliphatic rings. The topological polar surface area (TPSA) is 118 Å². The van der Waals surface area contributed by atoms with Gasteiger partial charge in [-0.3, -0.25) is 4.98 Å². The van der Waals surface area contributed by atoms with Gasteiger partial charge in [-0.1, -0.05) is 13.8 Å². The number of imidazole rings is 1. The van der Waals surface area contributed by atoms with E-state index in [4.69, 9.17) is 14.5 Å². The predicted octanol–water partition coefficient (Wildman–Crippen LogP) is 6.18. The fourth-order valence-electron chi connectivity index (χ4n) is 4.62. The molecular weight excluding hydrogens is 506 g/mol. The monoisotopic (exact) mass is 545 g/mol. The van der Waals surface area contributed by atoms with E-state index in [1.165, 1.54) is 0 Å². The minimum Gasteiger partial charge on any atom is -0.496 e. The molecule has 10 nitrogen and oxygen atoms in total. The minimum atomic E-state index is -0.488.